The predicted molar refractivity (Wildman–Crippen MR) is 109 cm³/mol. The number of piperazine rings is 1. The van der Waals surface area contributed by atoms with Crippen LogP contribution >= 0.6 is 11.3 Å². The molecule has 4 rings (SSSR count). The standard InChI is InChI=1S/C20H21N5O2S/c1-27-17-5-2-4-15(12-17)19-23-16(14-28-19)13-18(26)24-8-10-25(11-9-24)20-21-6-3-7-22-20/h2-7,12,14H,8-11,13H2,1H3. The molecule has 3 heterocycles. The molecule has 1 aliphatic rings. The fraction of sp³-hybridized carbons (Fsp3) is 0.300. The zero-order valence-electron chi connectivity index (χ0n) is 15.6. The molecule has 28 heavy (non-hydrogen) atoms. The van der Waals surface area contributed by atoms with Crippen LogP contribution < -0.4 is 9.64 Å². The zero-order valence-corrected chi connectivity index (χ0v) is 16.4. The van der Waals surface area contributed by atoms with Crippen LogP contribution in [0.3, 0.4) is 0 Å². The summed E-state index contributed by atoms with van der Waals surface area (Å²) >= 11 is 1.55. The minimum Gasteiger partial charge on any atom is -0.497 e. The molecule has 8 heteroatoms. The van der Waals surface area contributed by atoms with Crippen molar-refractivity contribution in [2.45, 2.75) is 6.42 Å². The van der Waals surface area contributed by atoms with E-state index in [1.807, 2.05) is 34.5 Å². The summed E-state index contributed by atoms with van der Waals surface area (Å²) in [7, 11) is 1.65. The zero-order chi connectivity index (χ0) is 19.3. The van der Waals surface area contributed by atoms with Crippen molar-refractivity contribution in [3.63, 3.8) is 0 Å². The number of methoxy groups -OCH3 is 1. The quantitative estimate of drug-likeness (QED) is 0.661. The Hall–Kier alpha value is -3.00. The topological polar surface area (TPSA) is 71.5 Å². The third kappa shape index (κ3) is 4.12. The second-order valence-electron chi connectivity index (χ2n) is 6.47. The highest BCUT2D eigenvalue weighted by atomic mass is 32.1. The summed E-state index contributed by atoms with van der Waals surface area (Å²) in [5.41, 5.74) is 1.81. The summed E-state index contributed by atoms with van der Waals surface area (Å²) in [6, 6.07) is 9.60. The molecule has 0 radical (unpaired) electrons. The summed E-state index contributed by atoms with van der Waals surface area (Å²) in [4.78, 5) is 29.9. The monoisotopic (exact) mass is 395 g/mol. The van der Waals surface area contributed by atoms with E-state index in [9.17, 15) is 4.79 Å². The number of nitrogens with zero attached hydrogens (tertiary/aromatic N) is 5. The van der Waals surface area contributed by atoms with Crippen molar-refractivity contribution in [1.29, 1.82) is 0 Å². The summed E-state index contributed by atoms with van der Waals surface area (Å²) in [5, 5.41) is 2.86. The third-order valence-electron chi connectivity index (χ3n) is 4.67. The van der Waals surface area contributed by atoms with Gasteiger partial charge in [-0.3, -0.25) is 4.79 Å². The van der Waals surface area contributed by atoms with Crippen molar-refractivity contribution in [3.8, 4) is 16.3 Å². The molecular formula is C20H21N5O2S. The molecule has 0 unspecified atom stereocenters. The Balaban J connectivity index is 1.35. The Morgan fingerprint density at radius 1 is 1.14 bits per heavy atom. The number of carbonyl (C=O) groups excluding carboxylic acids is 1. The lowest BCUT2D eigenvalue weighted by Crippen LogP contribution is -2.49. The molecule has 0 spiro atoms. The molecule has 1 fully saturated rings. The van der Waals surface area contributed by atoms with Crippen molar-refractivity contribution in [3.05, 3.63) is 53.8 Å². The SMILES string of the molecule is COc1cccc(-c2nc(CC(=O)N3CCN(c4ncccn4)CC3)cs2)c1. The number of anilines is 1. The molecule has 0 bridgehead atoms. The molecule has 1 aliphatic heterocycles. The van der Waals surface area contributed by atoms with Crippen LogP contribution in [0.25, 0.3) is 10.6 Å². The predicted octanol–water partition coefficient (Wildman–Crippen LogP) is 2.50. The van der Waals surface area contributed by atoms with Crippen LogP contribution in [0, 0.1) is 0 Å². The molecule has 1 saturated heterocycles. The molecule has 144 valence electrons. The van der Waals surface area contributed by atoms with Crippen molar-refractivity contribution in [2.75, 3.05) is 38.2 Å². The maximum atomic E-state index is 12.7. The lowest BCUT2D eigenvalue weighted by Gasteiger charge is -2.34. The number of rotatable bonds is 5. The molecule has 0 saturated carbocycles. The second-order valence-corrected chi connectivity index (χ2v) is 7.33. The van der Waals surface area contributed by atoms with Crippen molar-refractivity contribution in [2.24, 2.45) is 0 Å². The highest BCUT2D eigenvalue weighted by Crippen LogP contribution is 2.27. The normalized spacial score (nSPS) is 14.2. The maximum Gasteiger partial charge on any atom is 0.228 e. The van der Waals surface area contributed by atoms with E-state index in [2.05, 4.69) is 19.9 Å². The van der Waals surface area contributed by atoms with E-state index in [0.29, 0.717) is 19.5 Å². The Bertz CT molecular complexity index is 939. The van der Waals surface area contributed by atoms with Gasteiger partial charge in [0.05, 0.1) is 19.2 Å². The van der Waals surface area contributed by atoms with Crippen molar-refractivity contribution >= 4 is 23.2 Å². The van der Waals surface area contributed by atoms with Gasteiger partial charge in [-0.05, 0) is 18.2 Å². The first-order valence-corrected chi connectivity index (χ1v) is 9.99. The molecule has 0 N–H and O–H groups in total. The number of hydrogen-bond acceptors (Lipinski definition) is 7. The van der Waals surface area contributed by atoms with E-state index in [0.717, 1.165) is 41.1 Å². The van der Waals surface area contributed by atoms with Crippen molar-refractivity contribution < 1.29 is 9.53 Å². The smallest absolute Gasteiger partial charge is 0.228 e. The summed E-state index contributed by atoms with van der Waals surface area (Å²) < 4.78 is 5.27. The van der Waals surface area contributed by atoms with Crippen LogP contribution in [0.4, 0.5) is 5.95 Å². The van der Waals surface area contributed by atoms with Gasteiger partial charge in [0.2, 0.25) is 11.9 Å². The number of aromatic nitrogens is 3. The van der Waals surface area contributed by atoms with E-state index < -0.39 is 0 Å². The Kier molecular flexibility index (Phi) is 5.48. The van der Waals surface area contributed by atoms with E-state index in [1.165, 1.54) is 0 Å². The summed E-state index contributed by atoms with van der Waals surface area (Å²) in [5.74, 6) is 1.62. The fourth-order valence-corrected chi connectivity index (χ4v) is 3.97. The lowest BCUT2D eigenvalue weighted by molar-refractivity contribution is -0.130. The molecular weight excluding hydrogens is 374 g/mol. The second kappa shape index (κ2) is 8.35. The maximum absolute atomic E-state index is 12.7. The molecule has 1 amide bonds. The van der Waals surface area contributed by atoms with Crippen LogP contribution in [0.2, 0.25) is 0 Å². The number of amides is 1. The van der Waals surface area contributed by atoms with Gasteiger partial charge in [-0.1, -0.05) is 12.1 Å². The van der Waals surface area contributed by atoms with Crippen LogP contribution in [0.15, 0.2) is 48.1 Å². The summed E-state index contributed by atoms with van der Waals surface area (Å²) in [6.07, 6.45) is 3.80. The minimum absolute atomic E-state index is 0.108. The molecule has 3 aromatic rings. The summed E-state index contributed by atoms with van der Waals surface area (Å²) in [6.45, 7) is 2.82. The van der Waals surface area contributed by atoms with Gasteiger partial charge in [0.15, 0.2) is 0 Å². The number of carbonyl (C=O) groups is 1. The van der Waals surface area contributed by atoms with Gasteiger partial charge in [0.1, 0.15) is 10.8 Å². The number of thiazole rings is 1. The van der Waals surface area contributed by atoms with Crippen LogP contribution in [-0.4, -0.2) is 59.0 Å². The Morgan fingerprint density at radius 3 is 2.68 bits per heavy atom. The largest absolute Gasteiger partial charge is 0.497 e. The molecule has 0 atom stereocenters. The van der Waals surface area contributed by atoms with E-state index >= 15 is 0 Å². The lowest BCUT2D eigenvalue weighted by atomic mass is 10.2. The number of hydrogen-bond donors (Lipinski definition) is 0. The van der Waals surface area contributed by atoms with Crippen LogP contribution in [0.1, 0.15) is 5.69 Å². The minimum atomic E-state index is 0.108. The average Bonchev–Trinajstić information content (AvgIpc) is 3.23. The fourth-order valence-electron chi connectivity index (χ4n) is 3.15. The van der Waals surface area contributed by atoms with E-state index in [4.69, 9.17) is 4.74 Å². The van der Waals surface area contributed by atoms with Gasteiger partial charge in [-0.15, -0.1) is 11.3 Å². The van der Waals surface area contributed by atoms with E-state index in [-0.39, 0.29) is 5.91 Å². The molecule has 0 aliphatic carbocycles. The highest BCUT2D eigenvalue weighted by molar-refractivity contribution is 7.13. The molecule has 2 aromatic heterocycles. The van der Waals surface area contributed by atoms with Gasteiger partial charge in [-0.2, -0.15) is 0 Å². The first-order valence-electron chi connectivity index (χ1n) is 9.11. The van der Waals surface area contributed by atoms with Gasteiger partial charge >= 0.3 is 0 Å². The number of ether oxygens (including phenoxy) is 1. The first kappa shape index (κ1) is 18.4. The van der Waals surface area contributed by atoms with Gasteiger partial charge in [-0.25, -0.2) is 15.0 Å². The Morgan fingerprint density at radius 2 is 1.93 bits per heavy atom. The highest BCUT2D eigenvalue weighted by Gasteiger charge is 2.23. The van der Waals surface area contributed by atoms with Gasteiger partial charge in [0.25, 0.3) is 0 Å². The van der Waals surface area contributed by atoms with Crippen LogP contribution in [-0.2, 0) is 11.2 Å². The first-order chi connectivity index (χ1) is 13.7. The number of benzene rings is 1. The molecule has 7 nitrogen and oxygen atoms in total. The van der Waals surface area contributed by atoms with Gasteiger partial charge in [0, 0.05) is 49.5 Å². The van der Waals surface area contributed by atoms with Crippen LogP contribution in [0.5, 0.6) is 5.75 Å². The Labute approximate surface area is 167 Å². The third-order valence-corrected chi connectivity index (χ3v) is 5.61. The van der Waals surface area contributed by atoms with E-state index in [1.54, 1.807) is 36.9 Å². The average molecular weight is 395 g/mol. The molecule has 1 aromatic carbocycles. The van der Waals surface area contributed by atoms with Gasteiger partial charge < -0.3 is 14.5 Å². The van der Waals surface area contributed by atoms with Crippen molar-refractivity contribution in [1.82, 2.24) is 19.9 Å².